The smallest absolute Gasteiger partial charge is 0 e. The Labute approximate surface area is 86.5 Å². The summed E-state index contributed by atoms with van der Waals surface area (Å²) >= 11 is 0. The van der Waals surface area contributed by atoms with E-state index in [0.717, 1.165) is 0 Å². The van der Waals surface area contributed by atoms with E-state index in [1.54, 1.807) is 0 Å². The van der Waals surface area contributed by atoms with Gasteiger partial charge in [-0.3, -0.25) is 0 Å². The first-order valence-electron chi connectivity index (χ1n) is 0. The van der Waals surface area contributed by atoms with E-state index in [1.165, 1.54) is 0 Å². The van der Waals surface area contributed by atoms with Crippen molar-refractivity contribution in [2.45, 2.75) is 0 Å². The van der Waals surface area contributed by atoms with Crippen molar-refractivity contribution in [1.29, 1.82) is 0 Å². The summed E-state index contributed by atoms with van der Waals surface area (Å²) < 4.78 is 0. The van der Waals surface area contributed by atoms with Crippen LogP contribution in [0.3, 0.4) is 0 Å². The fourth-order valence-corrected chi connectivity index (χ4v) is 0. The van der Waals surface area contributed by atoms with E-state index in [-0.39, 0.29) is 88.0 Å². The zero-order valence-electron chi connectivity index (χ0n) is 1.80. The molecule has 1 radical (unpaired) electrons. The Balaban J connectivity index is 0. The molecule has 0 rings (SSSR count). The van der Waals surface area contributed by atoms with E-state index in [4.69, 9.17) is 0 Å². The maximum absolute atomic E-state index is 0. The Bertz CT molecular complexity index is 6.00. The van der Waals surface area contributed by atoms with E-state index < -0.39 is 0 Å². The minimum absolute atomic E-state index is 0. The zero-order valence-corrected chi connectivity index (χ0v) is 9.22. The average molecular weight is 289 g/mol. The second kappa shape index (κ2) is 16.9. The molecular formula is FeVZr2. The van der Waals surface area contributed by atoms with E-state index in [1.807, 2.05) is 0 Å². The van der Waals surface area contributed by atoms with Gasteiger partial charge in [0.15, 0.2) is 0 Å². The summed E-state index contributed by atoms with van der Waals surface area (Å²) in [5, 5.41) is 0. The molecule has 0 spiro atoms. The van der Waals surface area contributed by atoms with Crippen LogP contribution < -0.4 is 0 Å². The Morgan fingerprint density at radius 3 is 0.750 bits per heavy atom. The van der Waals surface area contributed by atoms with Crippen molar-refractivity contribution in [2.24, 2.45) is 0 Å². The Kier molecular flexibility index (Phi) is 121. The minimum Gasteiger partial charge on any atom is 0 e. The Hall–Kier alpha value is 2.87. The van der Waals surface area contributed by atoms with Gasteiger partial charge in [-0.25, -0.2) is 0 Å². The first-order chi connectivity index (χ1) is 0. The van der Waals surface area contributed by atoms with Crippen LogP contribution in [0.15, 0.2) is 0 Å². The molecule has 0 saturated heterocycles. The number of hydrogen-bond donors (Lipinski definition) is 0. The molecule has 0 amide bonds. The molecule has 0 saturated carbocycles. The molecule has 0 aliphatic rings. The summed E-state index contributed by atoms with van der Waals surface area (Å²) in [4.78, 5) is 0. The van der Waals surface area contributed by atoms with Crippen LogP contribution in [-0.2, 0) is 88.0 Å². The summed E-state index contributed by atoms with van der Waals surface area (Å²) in [6.07, 6.45) is 0. The maximum Gasteiger partial charge on any atom is 0 e. The molecule has 0 aromatic rings. The van der Waals surface area contributed by atoms with E-state index >= 15 is 0 Å². The van der Waals surface area contributed by atoms with Crippen LogP contribution in [0.1, 0.15) is 0 Å². The quantitative estimate of drug-likeness (QED) is 0.550. The van der Waals surface area contributed by atoms with Crippen molar-refractivity contribution in [1.82, 2.24) is 0 Å². The number of rotatable bonds is 0. The number of hydrogen-bond acceptors (Lipinski definition) is 0. The standard InChI is InChI=1S/Fe.V.2Zr. The summed E-state index contributed by atoms with van der Waals surface area (Å²) in [7, 11) is 0. The Morgan fingerprint density at radius 2 is 0.750 bits per heavy atom. The van der Waals surface area contributed by atoms with Gasteiger partial charge in [0.2, 0.25) is 0 Å². The van der Waals surface area contributed by atoms with Crippen molar-refractivity contribution >= 4 is 0 Å². The summed E-state index contributed by atoms with van der Waals surface area (Å²) in [5.41, 5.74) is 0. The van der Waals surface area contributed by atoms with E-state index in [0.29, 0.717) is 0 Å². The molecule has 0 N–H and O–H groups in total. The van der Waals surface area contributed by atoms with Crippen LogP contribution in [0.2, 0.25) is 0 Å². The van der Waals surface area contributed by atoms with Gasteiger partial charge in [0.1, 0.15) is 0 Å². The van der Waals surface area contributed by atoms with Crippen molar-refractivity contribution in [3.05, 3.63) is 0 Å². The molecule has 0 atom stereocenters. The van der Waals surface area contributed by atoms with Crippen LogP contribution in [0, 0.1) is 0 Å². The summed E-state index contributed by atoms with van der Waals surface area (Å²) in [5.74, 6) is 0. The molecule has 0 bridgehead atoms. The molecule has 0 unspecified atom stereocenters. The molecule has 0 fully saturated rings. The average Bonchev–Trinajstić information content (AvgIpc) is 0. The molecule has 4 heavy (non-hydrogen) atoms. The van der Waals surface area contributed by atoms with Crippen molar-refractivity contribution in [3.63, 3.8) is 0 Å². The monoisotopic (exact) mass is 287 g/mol. The molecule has 0 heterocycles. The van der Waals surface area contributed by atoms with Crippen molar-refractivity contribution in [2.75, 3.05) is 0 Å². The normalized spacial score (nSPS) is 0. The van der Waals surface area contributed by atoms with Crippen molar-refractivity contribution in [3.8, 4) is 0 Å². The first-order valence-corrected chi connectivity index (χ1v) is 0. The van der Waals surface area contributed by atoms with Gasteiger partial charge in [0.05, 0.1) is 0 Å². The summed E-state index contributed by atoms with van der Waals surface area (Å²) in [6.45, 7) is 0. The van der Waals surface area contributed by atoms with Crippen LogP contribution in [0.5, 0.6) is 0 Å². The molecule has 0 aromatic carbocycles. The third kappa shape index (κ3) is 8.85. The van der Waals surface area contributed by atoms with Gasteiger partial charge in [-0.05, 0) is 0 Å². The van der Waals surface area contributed by atoms with Crippen LogP contribution >= 0.6 is 0 Å². The van der Waals surface area contributed by atoms with Gasteiger partial charge in [0.25, 0.3) is 0 Å². The molecule has 0 aromatic heterocycles. The molecule has 21 valence electrons. The zero-order chi connectivity index (χ0) is 0. The third-order valence-electron chi connectivity index (χ3n) is 0. The van der Waals surface area contributed by atoms with Gasteiger partial charge < -0.3 is 0 Å². The van der Waals surface area contributed by atoms with Gasteiger partial charge in [0, 0.05) is 88.0 Å². The fourth-order valence-electron chi connectivity index (χ4n) is 0. The predicted octanol–water partition coefficient (Wildman–Crippen LogP) is -0.0100. The van der Waals surface area contributed by atoms with Gasteiger partial charge in [-0.1, -0.05) is 0 Å². The van der Waals surface area contributed by atoms with Crippen LogP contribution in [-0.4, -0.2) is 0 Å². The van der Waals surface area contributed by atoms with Gasteiger partial charge >= 0.3 is 0 Å². The molecule has 4 heteroatoms. The van der Waals surface area contributed by atoms with Crippen LogP contribution in [0.25, 0.3) is 0 Å². The molecular weight excluding hydrogens is 289 g/mol. The molecule has 0 aliphatic heterocycles. The second-order valence-corrected chi connectivity index (χ2v) is 0. The second-order valence-electron chi connectivity index (χ2n) is 0. The predicted molar refractivity (Wildman–Crippen MR) is 0 cm³/mol. The summed E-state index contributed by atoms with van der Waals surface area (Å²) in [6, 6.07) is 0. The molecule has 0 nitrogen and oxygen atoms in total. The van der Waals surface area contributed by atoms with Crippen molar-refractivity contribution < 1.29 is 88.0 Å². The van der Waals surface area contributed by atoms with Crippen LogP contribution in [0.4, 0.5) is 0 Å². The first kappa shape index (κ1) is 28.7. The third-order valence-corrected chi connectivity index (χ3v) is 0. The minimum atomic E-state index is 0. The SMILES string of the molecule is [Fe].[V].[Zr].[Zr]. The molecule has 0 aliphatic carbocycles. The fraction of sp³-hybridized carbons (Fsp3) is 0. The van der Waals surface area contributed by atoms with E-state index in [9.17, 15) is 0 Å². The van der Waals surface area contributed by atoms with Gasteiger partial charge in [-0.2, -0.15) is 0 Å². The largest absolute Gasteiger partial charge is 0 e. The Morgan fingerprint density at radius 1 is 0.750 bits per heavy atom. The van der Waals surface area contributed by atoms with Gasteiger partial charge in [-0.15, -0.1) is 0 Å². The maximum atomic E-state index is 0. The topological polar surface area (TPSA) is 0 Å². The van der Waals surface area contributed by atoms with E-state index in [2.05, 4.69) is 0 Å².